The number of aromatic nitrogens is 3. The maximum Gasteiger partial charge on any atom is 0.298 e. The Bertz CT molecular complexity index is 783. The second-order valence-electron chi connectivity index (χ2n) is 7.49. The number of nitrogens with zero attached hydrogens (tertiary/aromatic N) is 3. The van der Waals surface area contributed by atoms with Crippen LogP contribution >= 0.6 is 0 Å². The number of hydrogen-bond donors (Lipinski definition) is 0. The molecule has 0 spiro atoms. The zero-order valence-corrected chi connectivity index (χ0v) is 16.6. The van der Waals surface area contributed by atoms with Crippen molar-refractivity contribution in [1.82, 2.24) is 14.5 Å². The molecule has 1 atom stereocenters. The van der Waals surface area contributed by atoms with Crippen molar-refractivity contribution in [3.8, 4) is 11.9 Å². The molecule has 7 nitrogen and oxygen atoms in total. The number of hydrogen-bond acceptors (Lipinski definition) is 6. The van der Waals surface area contributed by atoms with Gasteiger partial charge in [0.2, 0.25) is 5.88 Å². The van der Waals surface area contributed by atoms with Gasteiger partial charge in [-0.1, -0.05) is 6.92 Å². The zero-order valence-electron chi connectivity index (χ0n) is 16.6. The van der Waals surface area contributed by atoms with Crippen LogP contribution in [0.2, 0.25) is 0 Å². The molecule has 0 N–H and O–H groups in total. The topological polar surface area (TPSA) is 75.5 Å². The Hall–Kier alpha value is -2.15. The van der Waals surface area contributed by atoms with E-state index in [1.54, 1.807) is 6.92 Å². The van der Waals surface area contributed by atoms with Gasteiger partial charge in [0, 0.05) is 26.1 Å². The van der Waals surface area contributed by atoms with Gasteiger partial charge in [-0.15, -0.1) is 0 Å². The van der Waals surface area contributed by atoms with Crippen molar-refractivity contribution >= 4 is 16.9 Å². The fourth-order valence-corrected chi connectivity index (χ4v) is 3.36. The molecule has 27 heavy (non-hydrogen) atoms. The molecule has 0 aromatic carbocycles. The maximum absolute atomic E-state index is 11.1. The quantitative estimate of drug-likeness (QED) is 0.635. The summed E-state index contributed by atoms with van der Waals surface area (Å²) in [5, 5.41) is 0. The molecule has 7 heteroatoms. The van der Waals surface area contributed by atoms with Crippen molar-refractivity contribution in [2.24, 2.45) is 18.9 Å². The average molecular weight is 375 g/mol. The van der Waals surface area contributed by atoms with Gasteiger partial charge in [-0.3, -0.25) is 4.57 Å². The zero-order chi connectivity index (χ0) is 19.4. The summed E-state index contributed by atoms with van der Waals surface area (Å²) in [7, 11) is 1.89. The SMILES string of the molecule is CCOc1nc2ccc(OCC3CC(OC[C@H](C)CC(C)=O)C3)nc2n1C. The first-order valence-corrected chi connectivity index (χ1v) is 9.66. The van der Waals surface area contributed by atoms with Gasteiger partial charge in [0.1, 0.15) is 11.3 Å². The number of ether oxygens (including phenoxy) is 3. The molecule has 2 aromatic heterocycles. The smallest absolute Gasteiger partial charge is 0.298 e. The van der Waals surface area contributed by atoms with E-state index in [9.17, 15) is 4.79 Å². The van der Waals surface area contributed by atoms with E-state index in [0.717, 1.165) is 24.0 Å². The summed E-state index contributed by atoms with van der Waals surface area (Å²) in [6, 6.07) is 4.32. The Balaban J connectivity index is 1.43. The molecule has 1 saturated carbocycles. The van der Waals surface area contributed by atoms with Crippen molar-refractivity contribution in [1.29, 1.82) is 0 Å². The lowest BCUT2D eigenvalue weighted by Gasteiger charge is -2.35. The first-order chi connectivity index (χ1) is 13.0. The first kappa shape index (κ1) is 19.6. The monoisotopic (exact) mass is 375 g/mol. The summed E-state index contributed by atoms with van der Waals surface area (Å²) in [5.74, 6) is 1.60. The van der Waals surface area contributed by atoms with Crippen LogP contribution in [0.3, 0.4) is 0 Å². The number of imidazole rings is 1. The van der Waals surface area contributed by atoms with E-state index in [4.69, 9.17) is 14.2 Å². The van der Waals surface area contributed by atoms with Gasteiger partial charge in [-0.25, -0.2) is 0 Å². The minimum Gasteiger partial charge on any atom is -0.477 e. The standard InChI is InChI=1S/C20H29N3O4/c1-5-25-20-21-17-6-7-18(22-19(17)23(20)4)27-12-15-9-16(10-15)26-11-13(2)8-14(3)24/h6-7,13,15-16H,5,8-12H2,1-4H3/t13-,15?,16?/m1/s1. The Labute approximate surface area is 160 Å². The summed E-state index contributed by atoms with van der Waals surface area (Å²) < 4.78 is 19.1. The molecule has 1 fully saturated rings. The van der Waals surface area contributed by atoms with Gasteiger partial charge < -0.3 is 19.0 Å². The van der Waals surface area contributed by atoms with Crippen LogP contribution < -0.4 is 9.47 Å². The third-order valence-corrected chi connectivity index (χ3v) is 4.83. The molecule has 0 radical (unpaired) electrons. The molecule has 3 rings (SSSR count). The van der Waals surface area contributed by atoms with Gasteiger partial charge >= 0.3 is 0 Å². The van der Waals surface area contributed by atoms with E-state index < -0.39 is 0 Å². The van der Waals surface area contributed by atoms with Gasteiger partial charge in [-0.05, 0) is 44.6 Å². The Morgan fingerprint density at radius 1 is 1.30 bits per heavy atom. The second-order valence-corrected chi connectivity index (χ2v) is 7.49. The molecule has 2 heterocycles. The summed E-state index contributed by atoms with van der Waals surface area (Å²) in [4.78, 5) is 20.1. The van der Waals surface area contributed by atoms with Crippen LogP contribution in [-0.2, 0) is 16.6 Å². The predicted octanol–water partition coefficient (Wildman–Crippen LogP) is 3.16. The maximum atomic E-state index is 11.1. The van der Waals surface area contributed by atoms with Gasteiger partial charge in [0.05, 0.1) is 19.3 Å². The molecule has 2 aromatic rings. The van der Waals surface area contributed by atoms with Crippen LogP contribution in [0.4, 0.5) is 0 Å². The van der Waals surface area contributed by atoms with Crippen molar-refractivity contribution < 1.29 is 19.0 Å². The van der Waals surface area contributed by atoms with Gasteiger partial charge in [0.25, 0.3) is 6.01 Å². The van der Waals surface area contributed by atoms with E-state index in [-0.39, 0.29) is 17.8 Å². The van der Waals surface area contributed by atoms with Crippen molar-refractivity contribution in [3.63, 3.8) is 0 Å². The molecule has 0 saturated heterocycles. The lowest BCUT2D eigenvalue weighted by molar-refractivity contribution is -0.119. The third-order valence-electron chi connectivity index (χ3n) is 4.83. The molecule has 0 bridgehead atoms. The molecular formula is C20H29N3O4. The molecule has 0 aliphatic heterocycles. The Morgan fingerprint density at radius 2 is 2.07 bits per heavy atom. The minimum absolute atomic E-state index is 0.220. The Morgan fingerprint density at radius 3 is 2.78 bits per heavy atom. The number of fused-ring (bicyclic) bond motifs is 1. The van der Waals surface area contributed by atoms with E-state index in [1.165, 1.54) is 0 Å². The summed E-state index contributed by atoms with van der Waals surface area (Å²) in [6.07, 6.45) is 2.87. The highest BCUT2D eigenvalue weighted by atomic mass is 16.5. The molecular weight excluding hydrogens is 346 g/mol. The van der Waals surface area contributed by atoms with E-state index in [0.29, 0.717) is 44.0 Å². The highest BCUT2D eigenvalue weighted by Gasteiger charge is 2.31. The van der Waals surface area contributed by atoms with Crippen LogP contribution in [0, 0.1) is 11.8 Å². The number of Topliss-reactive ketones (excluding diaryl/α,β-unsaturated/α-hetero) is 1. The Kier molecular flexibility index (Phi) is 6.31. The van der Waals surface area contributed by atoms with Crippen LogP contribution in [0.1, 0.15) is 40.0 Å². The van der Waals surface area contributed by atoms with E-state index in [1.807, 2.05) is 30.7 Å². The number of carbonyl (C=O) groups excluding carboxylic acids is 1. The highest BCUT2D eigenvalue weighted by Crippen LogP contribution is 2.31. The summed E-state index contributed by atoms with van der Waals surface area (Å²) in [5.41, 5.74) is 1.55. The normalized spacial score (nSPS) is 20.3. The second kappa shape index (κ2) is 8.69. The fourth-order valence-electron chi connectivity index (χ4n) is 3.36. The van der Waals surface area contributed by atoms with Gasteiger partial charge in [-0.2, -0.15) is 9.97 Å². The molecule has 0 amide bonds. The number of carbonyl (C=O) groups is 1. The van der Waals surface area contributed by atoms with Crippen LogP contribution in [-0.4, -0.2) is 46.2 Å². The van der Waals surface area contributed by atoms with Crippen LogP contribution in [0.15, 0.2) is 12.1 Å². The third kappa shape index (κ3) is 4.97. The number of aryl methyl sites for hydroxylation is 1. The van der Waals surface area contributed by atoms with Gasteiger partial charge in [0.15, 0.2) is 5.65 Å². The lowest BCUT2D eigenvalue weighted by atomic mass is 9.83. The number of ketones is 1. The van der Waals surface area contributed by atoms with Crippen molar-refractivity contribution in [2.45, 2.75) is 46.1 Å². The molecule has 0 unspecified atom stereocenters. The van der Waals surface area contributed by atoms with Crippen molar-refractivity contribution in [2.75, 3.05) is 19.8 Å². The highest BCUT2D eigenvalue weighted by molar-refractivity contribution is 5.75. The molecule has 148 valence electrons. The fraction of sp³-hybridized carbons (Fsp3) is 0.650. The first-order valence-electron chi connectivity index (χ1n) is 9.66. The predicted molar refractivity (Wildman–Crippen MR) is 102 cm³/mol. The van der Waals surface area contributed by atoms with E-state index in [2.05, 4.69) is 16.9 Å². The number of pyridine rings is 1. The van der Waals surface area contributed by atoms with Crippen molar-refractivity contribution in [3.05, 3.63) is 12.1 Å². The minimum atomic E-state index is 0.220. The summed E-state index contributed by atoms with van der Waals surface area (Å²) in [6.45, 7) is 7.47. The van der Waals surface area contributed by atoms with E-state index >= 15 is 0 Å². The average Bonchev–Trinajstić information content (AvgIpc) is 2.88. The summed E-state index contributed by atoms with van der Waals surface area (Å²) >= 11 is 0. The lowest BCUT2D eigenvalue weighted by Crippen LogP contribution is -2.36. The number of rotatable bonds is 10. The molecule has 1 aliphatic carbocycles. The van der Waals surface area contributed by atoms with Crippen LogP contribution in [0.25, 0.3) is 11.2 Å². The van der Waals surface area contributed by atoms with Crippen LogP contribution in [0.5, 0.6) is 11.9 Å². The largest absolute Gasteiger partial charge is 0.477 e. The molecule has 1 aliphatic rings.